The molecule has 0 N–H and O–H groups in total. The van der Waals surface area contributed by atoms with Crippen LogP contribution in [-0.4, -0.2) is 67.6 Å². The Morgan fingerprint density at radius 3 is 2.46 bits per heavy atom. The van der Waals surface area contributed by atoms with E-state index < -0.39 is 22.1 Å². The van der Waals surface area contributed by atoms with Crippen molar-refractivity contribution in [3.8, 4) is 0 Å². The molecule has 0 unspecified atom stereocenters. The van der Waals surface area contributed by atoms with Crippen molar-refractivity contribution >= 4 is 27.7 Å². The molecule has 152 valence electrons. The topological polar surface area (TPSA) is 101 Å². The molecule has 8 nitrogen and oxygen atoms in total. The van der Waals surface area contributed by atoms with Crippen LogP contribution in [0.3, 0.4) is 0 Å². The Kier molecular flexibility index (Phi) is 6.14. The molecule has 1 aliphatic heterocycles. The molecule has 0 spiro atoms. The molecule has 28 heavy (non-hydrogen) atoms. The summed E-state index contributed by atoms with van der Waals surface area (Å²) >= 11 is 0. The van der Waals surface area contributed by atoms with Crippen LogP contribution in [0.1, 0.15) is 43.0 Å². The molecule has 3 rings (SSSR count). The molecular formula is C19H24N2O6S. The van der Waals surface area contributed by atoms with Crippen LogP contribution in [0.4, 0.5) is 0 Å². The molecule has 2 aliphatic rings. The minimum atomic E-state index is -3.79. The zero-order valence-electron chi connectivity index (χ0n) is 15.8. The van der Waals surface area contributed by atoms with Crippen LogP contribution in [0.25, 0.3) is 0 Å². The van der Waals surface area contributed by atoms with Crippen molar-refractivity contribution in [3.63, 3.8) is 0 Å². The number of ketones is 1. The highest BCUT2D eigenvalue weighted by molar-refractivity contribution is 7.89. The highest BCUT2D eigenvalue weighted by Crippen LogP contribution is 2.22. The third kappa shape index (κ3) is 4.41. The van der Waals surface area contributed by atoms with E-state index >= 15 is 0 Å². The predicted molar refractivity (Wildman–Crippen MR) is 100 cm³/mol. The molecule has 1 saturated heterocycles. The van der Waals surface area contributed by atoms with Crippen LogP contribution in [0.2, 0.25) is 0 Å². The number of hydrogen-bond donors (Lipinski definition) is 0. The second-order valence-corrected chi connectivity index (χ2v) is 8.98. The van der Waals surface area contributed by atoms with Crippen molar-refractivity contribution in [1.29, 1.82) is 0 Å². The number of rotatable bonds is 4. The summed E-state index contributed by atoms with van der Waals surface area (Å²) in [6.07, 6.45) is 1.78. The average Bonchev–Trinajstić information content (AvgIpc) is 2.70. The van der Waals surface area contributed by atoms with Gasteiger partial charge < -0.3 is 9.64 Å². The molecule has 1 aliphatic carbocycles. The summed E-state index contributed by atoms with van der Waals surface area (Å²) in [4.78, 5) is 37.3. The van der Waals surface area contributed by atoms with Gasteiger partial charge in [0, 0.05) is 39.5 Å². The number of ether oxygens (including phenoxy) is 1. The molecular weight excluding hydrogens is 384 g/mol. The maximum absolute atomic E-state index is 12.9. The van der Waals surface area contributed by atoms with E-state index in [4.69, 9.17) is 4.74 Å². The molecule has 0 bridgehead atoms. The number of amides is 1. The van der Waals surface area contributed by atoms with Crippen molar-refractivity contribution in [2.24, 2.45) is 0 Å². The Bertz CT molecular complexity index is 874. The normalized spacial score (nSPS) is 21.4. The van der Waals surface area contributed by atoms with Crippen molar-refractivity contribution in [1.82, 2.24) is 9.21 Å². The summed E-state index contributed by atoms with van der Waals surface area (Å²) in [7, 11) is -3.79. The fraction of sp³-hybridized carbons (Fsp3) is 0.526. The van der Waals surface area contributed by atoms with Gasteiger partial charge in [-0.15, -0.1) is 0 Å². The SMILES string of the molecule is CC(=O)N1CCN(S(=O)(=O)c2cccc(C(=O)O[C@@H]3CCCCC3=O)c2)CC1. The second-order valence-electron chi connectivity index (χ2n) is 7.04. The van der Waals surface area contributed by atoms with Gasteiger partial charge in [0.05, 0.1) is 10.5 Å². The van der Waals surface area contributed by atoms with Crippen LogP contribution < -0.4 is 0 Å². The fourth-order valence-electron chi connectivity index (χ4n) is 3.45. The van der Waals surface area contributed by atoms with E-state index in [0.29, 0.717) is 25.9 Å². The van der Waals surface area contributed by atoms with Crippen LogP contribution in [0, 0.1) is 0 Å². The zero-order valence-corrected chi connectivity index (χ0v) is 16.6. The number of hydrogen-bond acceptors (Lipinski definition) is 6. The molecule has 1 heterocycles. The van der Waals surface area contributed by atoms with Gasteiger partial charge >= 0.3 is 5.97 Å². The van der Waals surface area contributed by atoms with Crippen molar-refractivity contribution in [3.05, 3.63) is 29.8 Å². The fourth-order valence-corrected chi connectivity index (χ4v) is 4.92. The summed E-state index contributed by atoms with van der Waals surface area (Å²) in [5.41, 5.74) is 0.0989. The van der Waals surface area contributed by atoms with E-state index in [-0.39, 0.29) is 35.2 Å². The van der Waals surface area contributed by atoms with Gasteiger partial charge in [-0.3, -0.25) is 9.59 Å². The van der Waals surface area contributed by atoms with E-state index in [1.54, 1.807) is 4.90 Å². The Morgan fingerprint density at radius 2 is 1.82 bits per heavy atom. The first-order valence-corrected chi connectivity index (χ1v) is 10.8. The van der Waals surface area contributed by atoms with E-state index in [1.165, 1.54) is 35.5 Å². The quantitative estimate of drug-likeness (QED) is 0.694. The summed E-state index contributed by atoms with van der Waals surface area (Å²) in [6.45, 7) is 2.52. The Hall–Kier alpha value is -2.26. The number of carbonyl (C=O) groups excluding carboxylic acids is 3. The summed E-state index contributed by atoms with van der Waals surface area (Å²) < 4.78 is 32.4. The Labute approximate surface area is 164 Å². The predicted octanol–water partition coefficient (Wildman–Crippen LogP) is 1.21. The lowest BCUT2D eigenvalue weighted by atomic mass is 9.96. The van der Waals surface area contributed by atoms with Crippen molar-refractivity contribution in [2.45, 2.75) is 43.6 Å². The van der Waals surface area contributed by atoms with Crippen LogP contribution in [0.15, 0.2) is 29.2 Å². The standard InChI is InChI=1S/C19H24N2O6S/c1-14(22)20-9-11-21(12-10-20)28(25,26)16-6-4-5-15(13-16)19(24)27-18-8-3-2-7-17(18)23/h4-6,13,18H,2-3,7-12H2,1H3/t18-/m1/s1. The molecule has 1 saturated carbocycles. The van der Waals surface area contributed by atoms with Crippen LogP contribution in [-0.2, 0) is 24.3 Å². The molecule has 9 heteroatoms. The highest BCUT2D eigenvalue weighted by Gasteiger charge is 2.30. The van der Waals surface area contributed by atoms with Crippen molar-refractivity contribution < 1.29 is 27.5 Å². The van der Waals surface area contributed by atoms with Gasteiger partial charge in [0.2, 0.25) is 15.9 Å². The second kappa shape index (κ2) is 8.40. The molecule has 0 aromatic heterocycles. The molecule has 1 amide bonds. The number of carbonyl (C=O) groups is 3. The van der Waals surface area contributed by atoms with Crippen molar-refractivity contribution in [2.75, 3.05) is 26.2 Å². The largest absolute Gasteiger partial charge is 0.451 e. The van der Waals surface area contributed by atoms with Gasteiger partial charge in [-0.2, -0.15) is 4.31 Å². The average molecular weight is 408 g/mol. The van der Waals surface area contributed by atoms with Gasteiger partial charge in [-0.1, -0.05) is 6.07 Å². The number of nitrogens with zero attached hydrogens (tertiary/aromatic N) is 2. The maximum atomic E-state index is 12.9. The van der Waals surface area contributed by atoms with E-state index in [2.05, 4.69) is 0 Å². The first-order valence-electron chi connectivity index (χ1n) is 9.38. The number of sulfonamides is 1. The molecule has 0 radical (unpaired) electrons. The summed E-state index contributed by atoms with van der Waals surface area (Å²) in [5.74, 6) is -0.871. The highest BCUT2D eigenvalue weighted by atomic mass is 32.2. The van der Waals surface area contributed by atoms with Gasteiger partial charge in [0.25, 0.3) is 0 Å². The minimum absolute atomic E-state index is 0.00630. The Balaban J connectivity index is 1.72. The first-order chi connectivity index (χ1) is 13.3. The van der Waals surface area contributed by atoms with Crippen LogP contribution in [0.5, 0.6) is 0 Å². The number of esters is 1. The van der Waals surface area contributed by atoms with E-state index in [9.17, 15) is 22.8 Å². The third-order valence-electron chi connectivity index (χ3n) is 5.14. The lowest BCUT2D eigenvalue weighted by molar-refractivity contribution is -0.130. The van der Waals surface area contributed by atoms with E-state index in [0.717, 1.165) is 12.8 Å². The summed E-state index contributed by atoms with van der Waals surface area (Å²) in [5, 5.41) is 0. The number of benzene rings is 1. The van der Waals surface area contributed by atoms with Gasteiger partial charge in [0.15, 0.2) is 11.9 Å². The molecule has 2 fully saturated rings. The van der Waals surface area contributed by atoms with Gasteiger partial charge in [0.1, 0.15) is 0 Å². The summed E-state index contributed by atoms with van der Waals surface area (Å²) in [6, 6.07) is 5.66. The lowest BCUT2D eigenvalue weighted by Gasteiger charge is -2.33. The number of Topliss-reactive ketones (excluding diaryl/α,β-unsaturated/α-hetero) is 1. The Morgan fingerprint density at radius 1 is 1.11 bits per heavy atom. The smallest absolute Gasteiger partial charge is 0.338 e. The van der Waals surface area contributed by atoms with Crippen LogP contribution >= 0.6 is 0 Å². The van der Waals surface area contributed by atoms with Gasteiger partial charge in [-0.05, 0) is 37.5 Å². The third-order valence-corrected chi connectivity index (χ3v) is 7.03. The molecule has 1 aromatic carbocycles. The number of piperazine rings is 1. The van der Waals surface area contributed by atoms with Gasteiger partial charge in [-0.25, -0.2) is 13.2 Å². The lowest BCUT2D eigenvalue weighted by Crippen LogP contribution is -2.49. The first kappa shape index (κ1) is 20.5. The minimum Gasteiger partial charge on any atom is -0.451 e. The molecule has 1 aromatic rings. The molecule has 1 atom stereocenters. The zero-order chi connectivity index (χ0) is 20.3. The maximum Gasteiger partial charge on any atom is 0.338 e. The monoisotopic (exact) mass is 408 g/mol. The van der Waals surface area contributed by atoms with E-state index in [1.807, 2.05) is 0 Å².